The van der Waals surface area contributed by atoms with E-state index < -0.39 is 11.9 Å². The van der Waals surface area contributed by atoms with Gasteiger partial charge in [0.15, 0.2) is 5.78 Å². The number of nitrogens with zero attached hydrogens (tertiary/aromatic N) is 2. The molecule has 2 N–H and O–H groups in total. The first kappa shape index (κ1) is 14.5. The summed E-state index contributed by atoms with van der Waals surface area (Å²) in [6, 6.07) is 4.54. The van der Waals surface area contributed by atoms with E-state index >= 15 is 0 Å². The molecule has 1 amide bonds. The van der Waals surface area contributed by atoms with Crippen molar-refractivity contribution in [3.05, 3.63) is 36.3 Å². The first-order valence-corrected chi connectivity index (χ1v) is 7.04. The summed E-state index contributed by atoms with van der Waals surface area (Å²) in [6.45, 7) is 0.980. The summed E-state index contributed by atoms with van der Waals surface area (Å²) in [4.78, 5) is 26.0. The number of carbonyl (C=O) groups excluding carboxylic acids is 2. The van der Waals surface area contributed by atoms with Gasteiger partial charge in [-0.1, -0.05) is 0 Å². The van der Waals surface area contributed by atoms with Crippen molar-refractivity contribution in [3.8, 4) is 0 Å². The van der Waals surface area contributed by atoms with Gasteiger partial charge in [-0.3, -0.25) is 9.69 Å². The number of carbonyl (C=O) groups is 2. The van der Waals surface area contributed by atoms with E-state index in [1.807, 2.05) is 0 Å². The summed E-state index contributed by atoms with van der Waals surface area (Å²) in [6.07, 6.45) is 2.46. The molecule has 0 aromatic heterocycles. The molecule has 1 aromatic rings. The minimum absolute atomic E-state index is 0.0286. The van der Waals surface area contributed by atoms with Gasteiger partial charge in [0.2, 0.25) is 0 Å². The molecule has 3 rings (SSSR count). The van der Waals surface area contributed by atoms with E-state index in [2.05, 4.69) is 0 Å². The van der Waals surface area contributed by atoms with E-state index in [0.717, 1.165) is 0 Å². The lowest BCUT2D eigenvalue weighted by molar-refractivity contribution is -0.114. The van der Waals surface area contributed by atoms with Gasteiger partial charge in [-0.2, -0.15) is 0 Å². The summed E-state index contributed by atoms with van der Waals surface area (Å²) >= 11 is 0. The van der Waals surface area contributed by atoms with Gasteiger partial charge in [-0.15, -0.1) is 0 Å². The Kier molecular flexibility index (Phi) is 3.81. The van der Waals surface area contributed by atoms with Crippen molar-refractivity contribution in [2.45, 2.75) is 12.5 Å². The predicted molar refractivity (Wildman–Crippen MR) is 79.2 cm³/mol. The third-order valence-corrected chi connectivity index (χ3v) is 3.73. The summed E-state index contributed by atoms with van der Waals surface area (Å²) < 4.78 is 19.4. The first-order chi connectivity index (χ1) is 10.6. The van der Waals surface area contributed by atoms with Gasteiger partial charge in [0, 0.05) is 25.7 Å². The third-order valence-electron chi connectivity index (χ3n) is 3.73. The standard InChI is InChI=1S/C15H16FN3O3/c16-13-7-10(19-9-12(8-17)22-15(19)21)1-2-14(13)18-5-3-11(20)4-6-18/h1-3,5,7,12H,4,6,8-9,17H2/t12-/m0/s1. The van der Waals surface area contributed by atoms with Crippen molar-refractivity contribution < 1.29 is 18.7 Å². The fourth-order valence-electron chi connectivity index (χ4n) is 2.51. The number of allylic oxidation sites excluding steroid dienone is 1. The highest BCUT2D eigenvalue weighted by atomic mass is 19.1. The Balaban J connectivity index is 1.82. The number of nitrogens with two attached hydrogens (primary N) is 1. The average molecular weight is 305 g/mol. The number of benzene rings is 1. The molecular weight excluding hydrogens is 289 g/mol. The zero-order chi connectivity index (χ0) is 15.7. The van der Waals surface area contributed by atoms with E-state index in [4.69, 9.17) is 10.5 Å². The number of ketones is 1. The fraction of sp³-hybridized carbons (Fsp3) is 0.333. The van der Waals surface area contributed by atoms with Gasteiger partial charge in [0.05, 0.1) is 17.9 Å². The second-order valence-electron chi connectivity index (χ2n) is 5.21. The Labute approximate surface area is 126 Å². The number of hydrogen-bond acceptors (Lipinski definition) is 5. The molecule has 2 heterocycles. The van der Waals surface area contributed by atoms with Crippen LogP contribution in [0.15, 0.2) is 30.5 Å². The van der Waals surface area contributed by atoms with Crippen molar-refractivity contribution in [1.82, 2.24) is 0 Å². The normalized spacial score (nSPS) is 21.5. The van der Waals surface area contributed by atoms with Crippen LogP contribution in [0.2, 0.25) is 0 Å². The van der Waals surface area contributed by atoms with Crippen molar-refractivity contribution in [1.29, 1.82) is 0 Å². The summed E-state index contributed by atoms with van der Waals surface area (Å²) in [5.41, 5.74) is 6.28. The van der Waals surface area contributed by atoms with Crippen LogP contribution < -0.4 is 15.5 Å². The molecule has 1 atom stereocenters. The van der Waals surface area contributed by atoms with Crippen LogP contribution in [0.4, 0.5) is 20.6 Å². The second-order valence-corrected chi connectivity index (χ2v) is 5.21. The van der Waals surface area contributed by atoms with E-state index in [9.17, 15) is 14.0 Å². The van der Waals surface area contributed by atoms with Gasteiger partial charge in [-0.05, 0) is 24.3 Å². The van der Waals surface area contributed by atoms with Crippen LogP contribution in [0.5, 0.6) is 0 Å². The van der Waals surface area contributed by atoms with Crippen LogP contribution in [0.3, 0.4) is 0 Å². The smallest absolute Gasteiger partial charge is 0.414 e. The molecule has 0 aliphatic carbocycles. The molecule has 116 valence electrons. The molecule has 7 heteroatoms. The van der Waals surface area contributed by atoms with E-state index in [-0.39, 0.29) is 18.4 Å². The number of halogens is 1. The van der Waals surface area contributed by atoms with Gasteiger partial charge in [0.25, 0.3) is 0 Å². The Morgan fingerprint density at radius 3 is 2.77 bits per heavy atom. The zero-order valence-corrected chi connectivity index (χ0v) is 11.9. The lowest BCUT2D eigenvalue weighted by Crippen LogP contribution is -2.28. The van der Waals surface area contributed by atoms with Gasteiger partial charge in [0.1, 0.15) is 11.9 Å². The highest BCUT2D eigenvalue weighted by Crippen LogP contribution is 2.28. The molecule has 2 aliphatic heterocycles. The summed E-state index contributed by atoms with van der Waals surface area (Å²) in [5, 5.41) is 0. The van der Waals surface area contributed by atoms with E-state index in [1.165, 1.54) is 17.0 Å². The summed E-state index contributed by atoms with van der Waals surface area (Å²) in [5.74, 6) is -0.429. The number of rotatable bonds is 3. The molecule has 0 spiro atoms. The maximum absolute atomic E-state index is 14.3. The Hall–Kier alpha value is -2.41. The quantitative estimate of drug-likeness (QED) is 0.913. The minimum Gasteiger partial charge on any atom is -0.443 e. The third kappa shape index (κ3) is 2.67. The number of hydrogen-bond donors (Lipinski definition) is 1. The number of cyclic esters (lactones) is 1. The SMILES string of the molecule is NC[C@H]1CN(c2ccc(N3C=CC(=O)CC3)c(F)c2)C(=O)O1. The van der Waals surface area contributed by atoms with Crippen molar-refractivity contribution in [3.63, 3.8) is 0 Å². The maximum atomic E-state index is 14.3. The van der Waals surface area contributed by atoms with Crippen LogP contribution >= 0.6 is 0 Å². The lowest BCUT2D eigenvalue weighted by Gasteiger charge is -2.24. The number of amides is 1. The van der Waals surface area contributed by atoms with Gasteiger partial charge >= 0.3 is 6.09 Å². The van der Waals surface area contributed by atoms with Crippen LogP contribution in [0.25, 0.3) is 0 Å². The molecule has 0 unspecified atom stereocenters. The Morgan fingerprint density at radius 2 is 2.18 bits per heavy atom. The van der Waals surface area contributed by atoms with Crippen molar-refractivity contribution in [2.75, 3.05) is 29.4 Å². The topological polar surface area (TPSA) is 75.9 Å². The predicted octanol–water partition coefficient (Wildman–Crippen LogP) is 1.40. The first-order valence-electron chi connectivity index (χ1n) is 7.04. The number of anilines is 2. The van der Waals surface area contributed by atoms with E-state index in [0.29, 0.717) is 30.9 Å². The molecule has 22 heavy (non-hydrogen) atoms. The van der Waals surface area contributed by atoms with Crippen LogP contribution in [0, 0.1) is 5.82 Å². The molecule has 0 saturated carbocycles. The number of ether oxygens (including phenoxy) is 1. The Bertz CT molecular complexity index is 647. The minimum atomic E-state index is -0.522. The van der Waals surface area contributed by atoms with Gasteiger partial charge < -0.3 is 15.4 Å². The monoisotopic (exact) mass is 305 g/mol. The Morgan fingerprint density at radius 1 is 1.36 bits per heavy atom. The molecule has 1 fully saturated rings. The second kappa shape index (κ2) is 5.76. The van der Waals surface area contributed by atoms with Crippen LogP contribution in [-0.4, -0.2) is 37.6 Å². The fourth-order valence-corrected chi connectivity index (χ4v) is 2.51. The molecule has 1 saturated heterocycles. The molecule has 6 nitrogen and oxygen atoms in total. The van der Waals surface area contributed by atoms with Crippen LogP contribution in [0.1, 0.15) is 6.42 Å². The van der Waals surface area contributed by atoms with Crippen molar-refractivity contribution in [2.24, 2.45) is 5.73 Å². The zero-order valence-electron chi connectivity index (χ0n) is 11.9. The molecule has 1 aromatic carbocycles. The van der Waals surface area contributed by atoms with Gasteiger partial charge in [-0.25, -0.2) is 9.18 Å². The summed E-state index contributed by atoms with van der Waals surface area (Å²) in [7, 11) is 0. The molecule has 0 radical (unpaired) electrons. The molecule has 0 bridgehead atoms. The maximum Gasteiger partial charge on any atom is 0.414 e. The van der Waals surface area contributed by atoms with E-state index in [1.54, 1.807) is 23.2 Å². The lowest BCUT2D eigenvalue weighted by atomic mass is 10.1. The highest BCUT2D eigenvalue weighted by molar-refractivity contribution is 5.92. The molecule has 2 aliphatic rings. The molecular formula is C15H16FN3O3. The largest absolute Gasteiger partial charge is 0.443 e. The van der Waals surface area contributed by atoms with Crippen molar-refractivity contribution >= 4 is 23.3 Å². The highest BCUT2D eigenvalue weighted by Gasteiger charge is 2.31. The van der Waals surface area contributed by atoms with Crippen LogP contribution in [-0.2, 0) is 9.53 Å². The average Bonchev–Trinajstić information content (AvgIpc) is 2.89.